The van der Waals surface area contributed by atoms with Gasteiger partial charge in [0.2, 0.25) is 0 Å². The van der Waals surface area contributed by atoms with Gasteiger partial charge in [-0.05, 0) is 35.2 Å². The van der Waals surface area contributed by atoms with E-state index in [1.54, 1.807) is 27.6 Å². The summed E-state index contributed by atoms with van der Waals surface area (Å²) in [6, 6.07) is 23.5. The van der Waals surface area contributed by atoms with Crippen molar-refractivity contribution in [3.05, 3.63) is 117 Å². The summed E-state index contributed by atoms with van der Waals surface area (Å²) in [5, 5.41) is 20.2. The van der Waals surface area contributed by atoms with Crippen LogP contribution in [0.3, 0.4) is 0 Å². The number of imidazole rings is 1. The molecule has 0 bridgehead atoms. The minimum atomic E-state index is -0.432. The average molecular weight is 477 g/mol. The molecule has 0 aliphatic heterocycles. The van der Waals surface area contributed by atoms with Crippen molar-refractivity contribution in [2.45, 2.75) is 13.1 Å². The third-order valence-electron chi connectivity index (χ3n) is 6.05. The van der Waals surface area contributed by atoms with Gasteiger partial charge in [0, 0.05) is 12.1 Å². The Hall–Kier alpha value is -5.12. The predicted octanol–water partition coefficient (Wildman–Crippen LogP) is 4.14. The van der Waals surface area contributed by atoms with Gasteiger partial charge in [-0.3, -0.25) is 14.9 Å². The highest BCUT2D eigenvalue weighted by molar-refractivity contribution is 5.85. The van der Waals surface area contributed by atoms with Crippen molar-refractivity contribution >= 4 is 27.6 Å². The number of pyridine rings is 1. The second-order valence-electron chi connectivity index (χ2n) is 8.44. The lowest BCUT2D eigenvalue weighted by molar-refractivity contribution is -0.384. The van der Waals surface area contributed by atoms with Crippen molar-refractivity contribution in [1.82, 2.24) is 29.5 Å². The molecule has 0 aliphatic rings. The number of hydrogen-bond donors (Lipinski definition) is 1. The molecule has 0 spiro atoms. The van der Waals surface area contributed by atoms with Crippen LogP contribution in [0.5, 0.6) is 0 Å². The monoisotopic (exact) mass is 477 g/mol. The Morgan fingerprint density at radius 1 is 0.944 bits per heavy atom. The molecule has 3 aromatic heterocycles. The van der Waals surface area contributed by atoms with Crippen LogP contribution in [0.2, 0.25) is 0 Å². The fraction of sp³-hybridized carbons (Fsp3) is 0.0769. The number of aromatic nitrogens is 6. The number of non-ortho nitro benzene ring substituents is 1. The van der Waals surface area contributed by atoms with Gasteiger partial charge in [-0.15, -0.1) is 5.10 Å². The number of hydrogen-bond acceptors (Lipinski definition) is 6. The van der Waals surface area contributed by atoms with E-state index in [4.69, 9.17) is 0 Å². The van der Waals surface area contributed by atoms with Crippen LogP contribution in [-0.2, 0) is 13.1 Å². The topological polar surface area (TPSA) is 125 Å². The molecule has 3 aromatic carbocycles. The molecular formula is C26H19N7O3. The molecule has 10 nitrogen and oxygen atoms in total. The molecule has 36 heavy (non-hydrogen) atoms. The van der Waals surface area contributed by atoms with Crippen molar-refractivity contribution < 1.29 is 4.92 Å². The van der Waals surface area contributed by atoms with Crippen molar-refractivity contribution in [3.63, 3.8) is 0 Å². The van der Waals surface area contributed by atoms with Crippen LogP contribution in [0.4, 0.5) is 5.69 Å². The molecule has 176 valence electrons. The SMILES string of the molecule is O=c1c(-c2nc3ccccc3[nH]2)cc2ccccc2n1Cc1cn(Cc2ccc([N+](=O)[O-])cc2)nn1. The molecule has 0 amide bonds. The summed E-state index contributed by atoms with van der Waals surface area (Å²) in [7, 11) is 0. The van der Waals surface area contributed by atoms with Crippen LogP contribution in [0, 0.1) is 10.1 Å². The molecule has 6 rings (SSSR count). The fourth-order valence-corrected chi connectivity index (χ4v) is 4.29. The van der Waals surface area contributed by atoms with Gasteiger partial charge in [0.05, 0.1) is 46.3 Å². The van der Waals surface area contributed by atoms with Crippen LogP contribution in [0.15, 0.2) is 89.9 Å². The Morgan fingerprint density at radius 2 is 1.72 bits per heavy atom. The van der Waals surface area contributed by atoms with Crippen LogP contribution >= 0.6 is 0 Å². The molecule has 0 aliphatic carbocycles. The molecule has 0 unspecified atom stereocenters. The molecular weight excluding hydrogens is 458 g/mol. The van der Waals surface area contributed by atoms with Crippen molar-refractivity contribution in [2.75, 3.05) is 0 Å². The first-order chi connectivity index (χ1) is 17.5. The number of nitrogens with zero attached hydrogens (tertiary/aromatic N) is 6. The van der Waals surface area contributed by atoms with E-state index >= 15 is 0 Å². The van der Waals surface area contributed by atoms with Gasteiger partial charge < -0.3 is 9.55 Å². The number of fused-ring (bicyclic) bond motifs is 2. The number of nitrogens with one attached hydrogen (secondary N) is 1. The number of para-hydroxylation sites is 3. The zero-order chi connectivity index (χ0) is 24.6. The lowest BCUT2D eigenvalue weighted by Gasteiger charge is -2.11. The zero-order valence-electron chi connectivity index (χ0n) is 18.9. The first-order valence-electron chi connectivity index (χ1n) is 11.3. The smallest absolute Gasteiger partial charge is 0.269 e. The van der Waals surface area contributed by atoms with Crippen molar-refractivity contribution in [1.29, 1.82) is 0 Å². The molecule has 3 heterocycles. The number of H-pyrrole nitrogens is 1. The number of nitro benzene ring substituents is 1. The van der Waals surface area contributed by atoms with Crippen LogP contribution in [-0.4, -0.2) is 34.5 Å². The number of nitro groups is 1. The van der Waals surface area contributed by atoms with Crippen LogP contribution in [0.1, 0.15) is 11.3 Å². The molecule has 0 radical (unpaired) electrons. The third-order valence-corrected chi connectivity index (χ3v) is 6.05. The van der Waals surface area contributed by atoms with Crippen molar-refractivity contribution in [3.8, 4) is 11.4 Å². The second kappa shape index (κ2) is 8.58. The highest BCUT2D eigenvalue weighted by Crippen LogP contribution is 2.22. The lowest BCUT2D eigenvalue weighted by atomic mass is 10.1. The molecule has 6 aromatic rings. The lowest BCUT2D eigenvalue weighted by Crippen LogP contribution is -2.23. The molecule has 0 atom stereocenters. The van der Waals surface area contributed by atoms with E-state index in [0.29, 0.717) is 23.6 Å². The van der Waals surface area contributed by atoms with E-state index in [-0.39, 0.29) is 17.8 Å². The molecule has 0 saturated carbocycles. The Balaban J connectivity index is 1.35. The van der Waals surface area contributed by atoms with Gasteiger partial charge in [0.1, 0.15) is 11.5 Å². The summed E-state index contributed by atoms with van der Waals surface area (Å²) in [6.07, 6.45) is 1.77. The van der Waals surface area contributed by atoms with Gasteiger partial charge in [0.25, 0.3) is 11.2 Å². The Morgan fingerprint density at radius 3 is 2.53 bits per heavy atom. The first-order valence-corrected chi connectivity index (χ1v) is 11.3. The van der Waals surface area contributed by atoms with E-state index < -0.39 is 4.92 Å². The molecule has 10 heteroatoms. The molecule has 0 saturated heterocycles. The maximum Gasteiger partial charge on any atom is 0.269 e. The summed E-state index contributed by atoms with van der Waals surface area (Å²) in [5.41, 5.74) is 4.24. The fourth-order valence-electron chi connectivity index (χ4n) is 4.29. The van der Waals surface area contributed by atoms with Gasteiger partial charge in [0.15, 0.2) is 0 Å². The zero-order valence-corrected chi connectivity index (χ0v) is 18.9. The summed E-state index contributed by atoms with van der Waals surface area (Å²) < 4.78 is 3.32. The summed E-state index contributed by atoms with van der Waals surface area (Å²) in [5.74, 6) is 0.516. The van der Waals surface area contributed by atoms with E-state index in [1.165, 1.54) is 12.1 Å². The minimum absolute atomic E-state index is 0.0358. The minimum Gasteiger partial charge on any atom is -0.338 e. The van der Waals surface area contributed by atoms with Gasteiger partial charge in [-0.1, -0.05) is 47.7 Å². The quantitative estimate of drug-likeness (QED) is 0.284. The third kappa shape index (κ3) is 3.90. The maximum absolute atomic E-state index is 13.6. The Labute approximate surface area is 203 Å². The standard InChI is InChI=1S/C26H19N7O3/c34-26-21(25-27-22-6-2-3-7-23(22)28-25)13-18-5-1-4-8-24(18)32(26)16-19-15-31(30-29-19)14-17-9-11-20(12-10-17)33(35)36/h1-13,15H,14,16H2,(H,27,28). The van der Waals surface area contributed by atoms with Crippen LogP contribution in [0.25, 0.3) is 33.3 Å². The number of rotatable bonds is 6. The normalized spacial score (nSPS) is 11.3. The van der Waals surface area contributed by atoms with Gasteiger partial charge >= 0.3 is 0 Å². The molecule has 1 N–H and O–H groups in total. The van der Waals surface area contributed by atoms with E-state index in [1.807, 2.05) is 54.6 Å². The second-order valence-corrected chi connectivity index (χ2v) is 8.44. The van der Waals surface area contributed by atoms with E-state index in [2.05, 4.69) is 20.3 Å². The maximum atomic E-state index is 13.6. The average Bonchev–Trinajstić information content (AvgIpc) is 3.52. The predicted molar refractivity (Wildman–Crippen MR) is 135 cm³/mol. The summed E-state index contributed by atoms with van der Waals surface area (Å²) in [4.78, 5) is 32.0. The summed E-state index contributed by atoms with van der Waals surface area (Å²) >= 11 is 0. The van der Waals surface area contributed by atoms with Gasteiger partial charge in [-0.2, -0.15) is 0 Å². The first kappa shape index (κ1) is 21.4. The van der Waals surface area contributed by atoms with E-state index in [9.17, 15) is 14.9 Å². The van der Waals surface area contributed by atoms with Crippen LogP contribution < -0.4 is 5.56 Å². The summed E-state index contributed by atoms with van der Waals surface area (Å²) in [6.45, 7) is 0.632. The number of aromatic amines is 1. The highest BCUT2D eigenvalue weighted by Gasteiger charge is 2.16. The Bertz CT molecular complexity index is 1770. The molecule has 0 fully saturated rings. The van der Waals surface area contributed by atoms with E-state index in [0.717, 1.165) is 27.5 Å². The van der Waals surface area contributed by atoms with Crippen molar-refractivity contribution in [2.24, 2.45) is 0 Å². The largest absolute Gasteiger partial charge is 0.338 e. The Kier molecular flexibility index (Phi) is 5.11. The highest BCUT2D eigenvalue weighted by atomic mass is 16.6. The van der Waals surface area contributed by atoms with Gasteiger partial charge in [-0.25, -0.2) is 9.67 Å². The number of benzene rings is 3.